The predicted octanol–water partition coefficient (Wildman–Crippen LogP) is 3.34. The zero-order valence-corrected chi connectivity index (χ0v) is 13.3. The topological polar surface area (TPSA) is 29.9 Å². The molecule has 1 N–H and O–H groups in total. The molecular formula is C18H25N3. The van der Waals surface area contributed by atoms with E-state index in [0.717, 1.165) is 18.8 Å². The predicted molar refractivity (Wildman–Crippen MR) is 86.6 cm³/mol. The molecular weight excluding hydrogens is 258 g/mol. The maximum atomic E-state index is 4.77. The highest BCUT2D eigenvalue weighted by Crippen LogP contribution is 2.33. The van der Waals surface area contributed by atoms with Crippen LogP contribution in [0.2, 0.25) is 0 Å². The second-order valence-corrected chi connectivity index (χ2v) is 6.15. The lowest BCUT2D eigenvalue weighted by Crippen LogP contribution is -2.17. The molecule has 21 heavy (non-hydrogen) atoms. The molecule has 3 rings (SSSR count). The smallest absolute Gasteiger partial charge is 0.0641 e. The number of rotatable bonds is 4. The molecule has 1 aliphatic rings. The number of hydrogen-bond acceptors (Lipinski definition) is 2. The van der Waals surface area contributed by atoms with Crippen LogP contribution in [0.5, 0.6) is 0 Å². The van der Waals surface area contributed by atoms with Gasteiger partial charge < -0.3 is 5.32 Å². The van der Waals surface area contributed by atoms with Crippen molar-refractivity contribution in [3.05, 3.63) is 52.3 Å². The highest BCUT2D eigenvalue weighted by Gasteiger charge is 2.22. The van der Waals surface area contributed by atoms with Crippen molar-refractivity contribution in [3.8, 4) is 0 Å². The molecule has 0 saturated heterocycles. The summed E-state index contributed by atoms with van der Waals surface area (Å²) in [5.41, 5.74) is 6.88. The Labute approximate surface area is 127 Å². The van der Waals surface area contributed by atoms with Gasteiger partial charge in [0.1, 0.15) is 0 Å². The molecule has 1 heterocycles. The minimum Gasteiger partial charge on any atom is -0.316 e. The number of hydrogen-bond donors (Lipinski definition) is 1. The highest BCUT2D eigenvalue weighted by atomic mass is 15.3. The van der Waals surface area contributed by atoms with Gasteiger partial charge in [-0.2, -0.15) is 5.10 Å². The summed E-state index contributed by atoms with van der Waals surface area (Å²) in [6, 6.07) is 8.93. The summed E-state index contributed by atoms with van der Waals surface area (Å²) in [4.78, 5) is 0. The van der Waals surface area contributed by atoms with Gasteiger partial charge in [-0.3, -0.25) is 4.68 Å². The Bertz CT molecular complexity index is 627. The molecule has 0 aliphatic heterocycles. The van der Waals surface area contributed by atoms with Crippen LogP contribution in [0.25, 0.3) is 0 Å². The average Bonchev–Trinajstić information content (AvgIpc) is 2.76. The van der Waals surface area contributed by atoms with Crippen LogP contribution >= 0.6 is 0 Å². The third kappa shape index (κ3) is 2.75. The number of nitrogens with zero attached hydrogens (tertiary/aromatic N) is 2. The van der Waals surface area contributed by atoms with E-state index in [4.69, 9.17) is 5.10 Å². The van der Waals surface area contributed by atoms with Gasteiger partial charge in [0.25, 0.3) is 0 Å². The molecule has 0 fully saturated rings. The third-order valence-corrected chi connectivity index (χ3v) is 4.77. The van der Waals surface area contributed by atoms with Crippen LogP contribution in [-0.2, 0) is 19.5 Å². The van der Waals surface area contributed by atoms with Gasteiger partial charge in [0, 0.05) is 30.3 Å². The van der Waals surface area contributed by atoms with Gasteiger partial charge in [0.2, 0.25) is 0 Å². The fraction of sp³-hybridized carbons (Fsp3) is 0.500. The van der Waals surface area contributed by atoms with Gasteiger partial charge in [-0.05, 0) is 51.3 Å². The fourth-order valence-corrected chi connectivity index (χ4v) is 3.60. The Balaban J connectivity index is 1.87. The summed E-state index contributed by atoms with van der Waals surface area (Å²) in [6.07, 6.45) is 3.80. The van der Waals surface area contributed by atoms with Crippen molar-refractivity contribution in [3.63, 3.8) is 0 Å². The van der Waals surface area contributed by atoms with Crippen LogP contribution in [0, 0.1) is 13.8 Å². The van der Waals surface area contributed by atoms with Crippen molar-refractivity contribution >= 4 is 0 Å². The van der Waals surface area contributed by atoms with E-state index < -0.39 is 0 Å². The summed E-state index contributed by atoms with van der Waals surface area (Å²) in [7, 11) is 1.99. The first kappa shape index (κ1) is 14.3. The van der Waals surface area contributed by atoms with Crippen molar-refractivity contribution in [2.75, 3.05) is 7.05 Å². The van der Waals surface area contributed by atoms with E-state index in [1.165, 1.54) is 41.6 Å². The molecule has 3 heteroatoms. The Morgan fingerprint density at radius 3 is 2.90 bits per heavy atom. The number of fused-ring (bicyclic) bond motifs is 1. The van der Waals surface area contributed by atoms with Crippen LogP contribution in [-0.4, -0.2) is 16.8 Å². The normalized spacial score (nSPS) is 17.8. The van der Waals surface area contributed by atoms with E-state index in [0.29, 0.717) is 5.92 Å². The van der Waals surface area contributed by atoms with Crippen LogP contribution in [0.4, 0.5) is 0 Å². The van der Waals surface area contributed by atoms with E-state index in [2.05, 4.69) is 48.1 Å². The van der Waals surface area contributed by atoms with Crippen molar-refractivity contribution < 1.29 is 0 Å². The third-order valence-electron chi connectivity index (χ3n) is 4.77. The second-order valence-electron chi connectivity index (χ2n) is 6.15. The molecule has 3 nitrogen and oxygen atoms in total. The minimum atomic E-state index is 0.607. The maximum Gasteiger partial charge on any atom is 0.0641 e. The Hall–Kier alpha value is -1.61. The molecule has 0 saturated carbocycles. The van der Waals surface area contributed by atoms with Crippen molar-refractivity contribution in [1.82, 2.24) is 15.1 Å². The average molecular weight is 283 g/mol. The van der Waals surface area contributed by atoms with E-state index in [-0.39, 0.29) is 0 Å². The molecule has 1 unspecified atom stereocenters. The molecule has 1 aromatic carbocycles. The standard InChI is InChI=1S/C18H25N3/c1-13-18(11-19-3)14(2)21(20-13)12-16-9-6-8-15-7-4-5-10-17(15)16/h4-5,7,10,16,19H,6,8-9,11-12H2,1-3H3. The highest BCUT2D eigenvalue weighted by molar-refractivity contribution is 5.33. The number of aromatic nitrogens is 2. The van der Waals surface area contributed by atoms with Gasteiger partial charge in [0.05, 0.1) is 5.69 Å². The van der Waals surface area contributed by atoms with Gasteiger partial charge in [-0.1, -0.05) is 24.3 Å². The first-order chi connectivity index (χ1) is 10.2. The zero-order chi connectivity index (χ0) is 14.8. The lowest BCUT2D eigenvalue weighted by molar-refractivity contribution is 0.450. The molecule has 0 amide bonds. The molecule has 1 aliphatic carbocycles. The van der Waals surface area contributed by atoms with Crippen LogP contribution < -0.4 is 5.32 Å². The van der Waals surface area contributed by atoms with Crippen LogP contribution in [0.1, 0.15) is 46.8 Å². The van der Waals surface area contributed by atoms with E-state index >= 15 is 0 Å². The van der Waals surface area contributed by atoms with E-state index in [1.54, 1.807) is 0 Å². The largest absolute Gasteiger partial charge is 0.316 e. The van der Waals surface area contributed by atoms with Gasteiger partial charge in [-0.15, -0.1) is 0 Å². The van der Waals surface area contributed by atoms with Crippen molar-refractivity contribution in [2.45, 2.75) is 52.1 Å². The SMILES string of the molecule is CNCc1c(C)nn(CC2CCCc3ccccc32)c1C. The van der Waals surface area contributed by atoms with E-state index in [9.17, 15) is 0 Å². The Morgan fingerprint density at radius 2 is 2.10 bits per heavy atom. The number of benzene rings is 1. The maximum absolute atomic E-state index is 4.77. The molecule has 0 radical (unpaired) electrons. The van der Waals surface area contributed by atoms with Gasteiger partial charge in [0.15, 0.2) is 0 Å². The Kier molecular flexibility index (Phi) is 4.11. The van der Waals surface area contributed by atoms with Crippen molar-refractivity contribution in [2.24, 2.45) is 0 Å². The van der Waals surface area contributed by atoms with Crippen molar-refractivity contribution in [1.29, 1.82) is 0 Å². The van der Waals surface area contributed by atoms with Gasteiger partial charge in [-0.25, -0.2) is 0 Å². The summed E-state index contributed by atoms with van der Waals surface area (Å²) < 4.78 is 2.22. The lowest BCUT2D eigenvalue weighted by atomic mass is 9.83. The summed E-state index contributed by atoms with van der Waals surface area (Å²) >= 11 is 0. The molecule has 1 atom stereocenters. The van der Waals surface area contributed by atoms with Gasteiger partial charge >= 0.3 is 0 Å². The van der Waals surface area contributed by atoms with Crippen LogP contribution in [0.3, 0.4) is 0 Å². The van der Waals surface area contributed by atoms with Crippen LogP contribution in [0.15, 0.2) is 24.3 Å². The fourth-order valence-electron chi connectivity index (χ4n) is 3.60. The molecule has 1 aromatic heterocycles. The first-order valence-electron chi connectivity index (χ1n) is 7.96. The summed E-state index contributed by atoms with van der Waals surface area (Å²) in [5, 5.41) is 8.02. The zero-order valence-electron chi connectivity index (χ0n) is 13.3. The molecule has 0 bridgehead atoms. The second kappa shape index (κ2) is 6.02. The minimum absolute atomic E-state index is 0.607. The first-order valence-corrected chi connectivity index (χ1v) is 7.96. The molecule has 0 spiro atoms. The molecule has 112 valence electrons. The lowest BCUT2D eigenvalue weighted by Gasteiger charge is -2.25. The Morgan fingerprint density at radius 1 is 1.29 bits per heavy atom. The summed E-state index contributed by atoms with van der Waals surface area (Å²) in [5.74, 6) is 0.607. The van der Waals surface area contributed by atoms with E-state index in [1.807, 2.05) is 7.05 Å². The number of aryl methyl sites for hydroxylation is 2. The quantitative estimate of drug-likeness (QED) is 0.932. The monoisotopic (exact) mass is 283 g/mol. The summed E-state index contributed by atoms with van der Waals surface area (Å²) in [6.45, 7) is 6.22. The number of nitrogens with one attached hydrogen (secondary N) is 1. The molecule has 2 aromatic rings.